The molecule has 0 aromatic rings. The summed E-state index contributed by atoms with van der Waals surface area (Å²) in [5, 5.41) is 12.3. The first kappa shape index (κ1) is 52.8. The van der Waals surface area contributed by atoms with Crippen molar-refractivity contribution in [2.24, 2.45) is 0 Å². The minimum absolute atomic E-state index is 0.0239. The fraction of sp³-hybridized carbons (Fsp3) is 0.854. The molecule has 9 nitrogen and oxygen atoms in total. The van der Waals surface area contributed by atoms with E-state index in [2.05, 4.69) is 37.4 Å². The predicted octanol–water partition coefficient (Wildman–Crippen LogP) is 9.56. The molecule has 3 N–H and O–H groups in total. The van der Waals surface area contributed by atoms with Crippen molar-refractivity contribution >= 4 is 17.8 Å². The van der Waals surface area contributed by atoms with Crippen molar-refractivity contribution in [2.75, 3.05) is 52.7 Å². The Balaban J connectivity index is 2.27. The molecule has 1 atom stereocenters. The van der Waals surface area contributed by atoms with Crippen LogP contribution in [0, 0.1) is 0 Å². The molecule has 0 radical (unpaired) electrons. The first-order valence-corrected chi connectivity index (χ1v) is 24.1. The van der Waals surface area contributed by atoms with Gasteiger partial charge >= 0.3 is 11.9 Å². The van der Waals surface area contributed by atoms with Gasteiger partial charge < -0.3 is 24.8 Å². The quantitative estimate of drug-likeness (QED) is 0.0322. The number of nitrogens with zero attached hydrogens (tertiary/aromatic N) is 1. The van der Waals surface area contributed by atoms with E-state index in [1.54, 1.807) is 0 Å². The topological polar surface area (TPSA) is 110 Å². The smallest absolute Gasteiger partial charge is 0.308 e. The van der Waals surface area contributed by atoms with E-state index in [0.717, 1.165) is 63.2 Å². The molecule has 0 aromatic heterocycles. The summed E-state index contributed by atoms with van der Waals surface area (Å²) < 4.78 is 11.0. The molecule has 9 heteroatoms. The summed E-state index contributed by atoms with van der Waals surface area (Å²) in [5.41, 5.74) is 0. The van der Waals surface area contributed by atoms with Crippen LogP contribution in [0.25, 0.3) is 0 Å². The highest BCUT2D eigenvalue weighted by molar-refractivity contribution is 5.80. The molecule has 1 fully saturated rings. The average molecular weight is 805 g/mol. The van der Waals surface area contributed by atoms with E-state index in [1.807, 2.05) is 11.0 Å². The lowest BCUT2D eigenvalue weighted by molar-refractivity contribution is -0.896. The summed E-state index contributed by atoms with van der Waals surface area (Å²) in [5.74, 6) is -1.06. The second kappa shape index (κ2) is 40.5. The van der Waals surface area contributed by atoms with Crippen LogP contribution in [-0.4, -0.2) is 86.6 Å². The molecule has 1 unspecified atom stereocenters. The van der Waals surface area contributed by atoms with E-state index >= 15 is 0 Å². The highest BCUT2D eigenvalue weighted by atomic mass is 16.5. The van der Waals surface area contributed by atoms with Crippen LogP contribution in [0.1, 0.15) is 206 Å². The number of unbranched alkanes of at least 4 members (excludes halogenated alkanes) is 25. The molecule has 1 heterocycles. The van der Waals surface area contributed by atoms with E-state index < -0.39 is 18.0 Å². The number of allylic oxidation sites excluding steroid dienone is 3. The van der Waals surface area contributed by atoms with Crippen LogP contribution in [0.4, 0.5) is 0 Å². The van der Waals surface area contributed by atoms with Gasteiger partial charge in [0.2, 0.25) is 0 Å². The maximum absolute atomic E-state index is 13.0. The van der Waals surface area contributed by atoms with Crippen LogP contribution in [-0.2, 0) is 23.9 Å². The maximum atomic E-state index is 13.0. The highest BCUT2D eigenvalue weighted by Gasteiger charge is 2.25. The molecule has 1 aliphatic heterocycles. The second-order valence-corrected chi connectivity index (χ2v) is 16.7. The molecular weight excluding hydrogens is 715 g/mol. The zero-order valence-electron chi connectivity index (χ0n) is 37.2. The Bertz CT molecular complexity index is 997. The van der Waals surface area contributed by atoms with Gasteiger partial charge in [0, 0.05) is 19.1 Å². The van der Waals surface area contributed by atoms with Crippen LogP contribution in [0.5, 0.6) is 0 Å². The Labute approximate surface area is 350 Å². The van der Waals surface area contributed by atoms with E-state index in [-0.39, 0.29) is 38.6 Å². The summed E-state index contributed by atoms with van der Waals surface area (Å²) in [7, 11) is 0. The maximum Gasteiger partial charge on any atom is 0.308 e. The first-order chi connectivity index (χ1) is 28.0. The third-order valence-electron chi connectivity index (χ3n) is 11.3. The van der Waals surface area contributed by atoms with E-state index in [1.165, 1.54) is 148 Å². The lowest BCUT2D eigenvalue weighted by atomic mass is 10.0. The standard InChI is InChI=1S/C48H89N3O6/c1-3-5-7-9-11-13-15-17-19-21-23-25-27-29-31-33-39-56-47(54)41-45(49-46(53)43-50-35-37-51(44-52)38-36-50)42-48(55)57-40-34-32-30-28-26-24-22-20-18-16-14-12-10-8-6-4-2/h27,29,32,34,45,52H,3-26,28,30-31,33,35-44H2,1-2H3,(H,49,53)/p+1. The summed E-state index contributed by atoms with van der Waals surface area (Å²) in [6.45, 7) is 8.28. The van der Waals surface area contributed by atoms with Crippen molar-refractivity contribution in [2.45, 2.75) is 213 Å². The Hall–Kier alpha value is -2.23. The number of piperazine rings is 1. The number of hydrogen-bond donors (Lipinski definition) is 3. The number of amides is 1. The lowest BCUT2D eigenvalue weighted by Gasteiger charge is -2.30. The van der Waals surface area contributed by atoms with E-state index in [0.29, 0.717) is 6.61 Å². The Morgan fingerprint density at radius 1 is 0.579 bits per heavy atom. The van der Waals surface area contributed by atoms with Crippen molar-refractivity contribution in [1.82, 2.24) is 10.2 Å². The van der Waals surface area contributed by atoms with Gasteiger partial charge in [-0.3, -0.25) is 19.3 Å². The molecule has 0 aromatic carbocycles. The summed E-state index contributed by atoms with van der Waals surface area (Å²) in [4.78, 5) is 41.6. The van der Waals surface area contributed by atoms with Crippen molar-refractivity contribution < 1.29 is 33.9 Å². The van der Waals surface area contributed by atoms with Gasteiger partial charge in [0.1, 0.15) is 6.61 Å². The molecule has 1 saturated heterocycles. The zero-order valence-corrected chi connectivity index (χ0v) is 37.2. The third kappa shape index (κ3) is 35.4. The Kier molecular flexibility index (Phi) is 37.5. The van der Waals surface area contributed by atoms with Crippen molar-refractivity contribution in [3.8, 4) is 0 Å². The van der Waals surface area contributed by atoms with E-state index in [4.69, 9.17) is 9.47 Å². The van der Waals surface area contributed by atoms with Gasteiger partial charge in [-0.2, -0.15) is 0 Å². The normalized spacial score (nSPS) is 14.4. The van der Waals surface area contributed by atoms with Crippen LogP contribution >= 0.6 is 0 Å². The van der Waals surface area contributed by atoms with Gasteiger partial charge in [0.15, 0.2) is 6.54 Å². The van der Waals surface area contributed by atoms with Crippen molar-refractivity contribution in [3.63, 3.8) is 0 Å². The van der Waals surface area contributed by atoms with Crippen molar-refractivity contribution in [1.29, 1.82) is 0 Å². The molecule has 0 aliphatic carbocycles. The van der Waals surface area contributed by atoms with Gasteiger partial charge in [-0.05, 0) is 38.5 Å². The molecule has 0 saturated carbocycles. The summed E-state index contributed by atoms with van der Waals surface area (Å²) in [6, 6.07) is -0.684. The fourth-order valence-electron chi connectivity index (χ4n) is 7.54. The average Bonchev–Trinajstić information content (AvgIpc) is 3.20. The van der Waals surface area contributed by atoms with Crippen LogP contribution in [0.2, 0.25) is 0 Å². The number of nitrogens with one attached hydrogen (secondary N) is 2. The third-order valence-corrected chi connectivity index (χ3v) is 11.3. The second-order valence-electron chi connectivity index (χ2n) is 16.7. The predicted molar refractivity (Wildman–Crippen MR) is 236 cm³/mol. The molecule has 0 bridgehead atoms. The van der Waals surface area contributed by atoms with Gasteiger partial charge in [-0.25, -0.2) is 0 Å². The minimum Gasteiger partial charge on any atom is -0.466 e. The number of carbonyl (C=O) groups is 3. The SMILES string of the molecule is CCCCCCCCCCCCCC=CCCCOC(=O)CC(CC(=O)OCC=CCCCCCCCCCCCCCCC)NC(=O)C[NH+]1CCN(CO)CC1. The Morgan fingerprint density at radius 2 is 0.982 bits per heavy atom. The number of aliphatic hydroxyl groups is 1. The molecule has 332 valence electrons. The number of hydrogen-bond acceptors (Lipinski definition) is 7. The number of ether oxygens (including phenoxy) is 2. The van der Waals surface area contributed by atoms with E-state index in [9.17, 15) is 19.5 Å². The number of carbonyl (C=O) groups excluding carboxylic acids is 3. The lowest BCUT2D eigenvalue weighted by Crippen LogP contribution is -3.15. The Morgan fingerprint density at radius 3 is 1.44 bits per heavy atom. The van der Waals surface area contributed by atoms with Crippen LogP contribution < -0.4 is 10.2 Å². The fourth-order valence-corrected chi connectivity index (χ4v) is 7.54. The van der Waals surface area contributed by atoms with Crippen LogP contribution in [0.15, 0.2) is 24.3 Å². The number of aliphatic hydroxyl groups excluding tert-OH is 1. The molecule has 57 heavy (non-hydrogen) atoms. The largest absolute Gasteiger partial charge is 0.466 e. The van der Waals surface area contributed by atoms with Gasteiger partial charge in [-0.15, -0.1) is 0 Å². The van der Waals surface area contributed by atoms with Crippen molar-refractivity contribution in [3.05, 3.63) is 24.3 Å². The molecule has 0 spiro atoms. The molecule has 1 rings (SSSR count). The molecular formula is C48H90N3O6+. The molecule has 1 aliphatic rings. The first-order valence-electron chi connectivity index (χ1n) is 24.1. The summed E-state index contributed by atoms with van der Waals surface area (Å²) >= 11 is 0. The highest BCUT2D eigenvalue weighted by Crippen LogP contribution is 2.14. The number of esters is 2. The van der Waals surface area contributed by atoms with Crippen LogP contribution in [0.3, 0.4) is 0 Å². The van der Waals surface area contributed by atoms with Gasteiger partial charge in [0.25, 0.3) is 5.91 Å². The minimum atomic E-state index is -0.684. The number of rotatable bonds is 40. The van der Waals surface area contributed by atoms with Gasteiger partial charge in [-0.1, -0.05) is 179 Å². The summed E-state index contributed by atoms with van der Waals surface area (Å²) in [6.07, 6.45) is 44.2. The zero-order chi connectivity index (χ0) is 41.3. The molecule has 1 amide bonds. The van der Waals surface area contributed by atoms with Gasteiger partial charge in [0.05, 0.1) is 39.3 Å². The number of quaternary nitrogens is 1. The monoisotopic (exact) mass is 805 g/mol.